The number of rotatable bonds is 9. The minimum Gasteiger partial charge on any atom is -0.400 e. The molecule has 0 amide bonds. The van der Waals surface area contributed by atoms with E-state index in [1.165, 1.54) is 12.1 Å². The van der Waals surface area contributed by atoms with Crippen LogP contribution in [0, 0.1) is 20.2 Å². The van der Waals surface area contributed by atoms with Crippen LogP contribution in [0.3, 0.4) is 0 Å². The highest BCUT2D eigenvalue weighted by Crippen LogP contribution is 2.29. The molecule has 0 aliphatic rings. The van der Waals surface area contributed by atoms with Gasteiger partial charge >= 0.3 is 5.88 Å². The molecule has 28 heavy (non-hydrogen) atoms. The normalized spacial score (nSPS) is 11.8. The van der Waals surface area contributed by atoms with E-state index >= 15 is 0 Å². The Labute approximate surface area is 159 Å². The third-order valence-corrected chi connectivity index (χ3v) is 5.76. The fourth-order valence-corrected chi connectivity index (χ4v) is 3.93. The first-order chi connectivity index (χ1) is 13.2. The minimum absolute atomic E-state index is 0.00908. The lowest BCUT2D eigenvalue weighted by molar-refractivity contribution is -0.402. The van der Waals surface area contributed by atoms with Crippen LogP contribution in [-0.4, -0.2) is 41.9 Å². The summed E-state index contributed by atoms with van der Waals surface area (Å²) in [7, 11) is -4.01. The Hall–Kier alpha value is -3.32. The highest BCUT2D eigenvalue weighted by molar-refractivity contribution is 7.89. The van der Waals surface area contributed by atoms with Crippen molar-refractivity contribution in [3.63, 3.8) is 0 Å². The first-order valence-corrected chi connectivity index (χ1v) is 9.46. The van der Waals surface area contributed by atoms with Gasteiger partial charge in [0.2, 0.25) is 10.0 Å². The van der Waals surface area contributed by atoms with Gasteiger partial charge in [0.15, 0.2) is 5.76 Å². The van der Waals surface area contributed by atoms with Crippen molar-refractivity contribution in [2.45, 2.75) is 18.7 Å². The van der Waals surface area contributed by atoms with E-state index in [9.17, 15) is 28.6 Å². The van der Waals surface area contributed by atoms with Crippen LogP contribution in [0.5, 0.6) is 0 Å². The molecule has 0 saturated heterocycles. The first-order valence-electron chi connectivity index (χ1n) is 8.02. The number of nitro groups is 2. The van der Waals surface area contributed by atoms with Crippen molar-refractivity contribution in [2.24, 2.45) is 5.10 Å². The van der Waals surface area contributed by atoms with E-state index < -0.39 is 25.8 Å². The van der Waals surface area contributed by atoms with Crippen molar-refractivity contribution >= 4 is 33.5 Å². The van der Waals surface area contributed by atoms with Gasteiger partial charge in [-0.15, -0.1) is 0 Å². The van der Waals surface area contributed by atoms with Crippen LogP contribution in [-0.2, 0) is 10.0 Å². The van der Waals surface area contributed by atoms with Gasteiger partial charge in [0.1, 0.15) is 9.82 Å². The Morgan fingerprint density at radius 1 is 1.14 bits per heavy atom. The highest BCUT2D eigenvalue weighted by Gasteiger charge is 2.27. The molecule has 0 saturated carbocycles. The Morgan fingerprint density at radius 3 is 2.36 bits per heavy atom. The van der Waals surface area contributed by atoms with Crippen LogP contribution >= 0.6 is 0 Å². The average molecular weight is 411 g/mol. The van der Waals surface area contributed by atoms with Gasteiger partial charge in [-0.2, -0.15) is 9.41 Å². The number of non-ortho nitro benzene ring substituents is 1. The van der Waals surface area contributed by atoms with Gasteiger partial charge in [0, 0.05) is 25.2 Å². The molecular weight excluding hydrogens is 394 g/mol. The van der Waals surface area contributed by atoms with E-state index in [0.717, 1.165) is 28.7 Å². The second kappa shape index (κ2) is 8.58. The number of nitrogens with one attached hydrogen (secondary N) is 1. The molecule has 1 aromatic carbocycles. The van der Waals surface area contributed by atoms with E-state index in [1.54, 1.807) is 13.8 Å². The summed E-state index contributed by atoms with van der Waals surface area (Å²) in [5.41, 5.74) is 2.11. The lowest BCUT2D eigenvalue weighted by Gasteiger charge is -2.20. The van der Waals surface area contributed by atoms with E-state index in [1.807, 2.05) is 0 Å². The summed E-state index contributed by atoms with van der Waals surface area (Å²) in [6.45, 7) is 3.65. The second-order valence-corrected chi connectivity index (χ2v) is 7.24. The first kappa shape index (κ1) is 21.0. The monoisotopic (exact) mass is 411 g/mol. The summed E-state index contributed by atoms with van der Waals surface area (Å²) in [6, 6.07) is 5.76. The van der Waals surface area contributed by atoms with Gasteiger partial charge in [-0.25, -0.2) is 8.42 Å². The number of anilines is 1. The number of sulfonamides is 1. The summed E-state index contributed by atoms with van der Waals surface area (Å²) in [6.07, 6.45) is 1.11. The maximum atomic E-state index is 12.8. The number of nitro benzene ring substituents is 1. The molecule has 1 N–H and O–H groups in total. The summed E-state index contributed by atoms with van der Waals surface area (Å²) in [5, 5.41) is 25.4. The molecule has 0 radical (unpaired) electrons. The van der Waals surface area contributed by atoms with Crippen molar-refractivity contribution in [2.75, 3.05) is 18.5 Å². The van der Waals surface area contributed by atoms with Crippen LogP contribution < -0.4 is 5.43 Å². The zero-order chi connectivity index (χ0) is 20.9. The topological polar surface area (TPSA) is 161 Å². The van der Waals surface area contributed by atoms with Crippen molar-refractivity contribution in [1.82, 2.24) is 4.31 Å². The predicted molar refractivity (Wildman–Crippen MR) is 99.8 cm³/mol. The molecule has 2 aromatic rings. The molecule has 0 bridgehead atoms. The van der Waals surface area contributed by atoms with Crippen molar-refractivity contribution in [1.29, 1.82) is 0 Å². The Kier molecular flexibility index (Phi) is 6.43. The SMILES string of the molecule is CCN(CC)S(=O)(=O)c1cc([N+](=O)[O-])ccc1N/N=C/c1ccc([N+](=O)[O-])o1. The Balaban J connectivity index is 2.38. The smallest absolute Gasteiger partial charge is 0.400 e. The third kappa shape index (κ3) is 4.50. The van der Waals surface area contributed by atoms with E-state index in [-0.39, 0.29) is 35.1 Å². The van der Waals surface area contributed by atoms with E-state index in [0.29, 0.717) is 0 Å². The summed E-state index contributed by atoms with van der Waals surface area (Å²) in [5.74, 6) is -0.407. The van der Waals surface area contributed by atoms with Gasteiger partial charge in [0.05, 0.1) is 22.9 Å². The van der Waals surface area contributed by atoms with E-state index in [4.69, 9.17) is 4.42 Å². The molecule has 13 heteroatoms. The average Bonchev–Trinajstić information content (AvgIpc) is 3.11. The van der Waals surface area contributed by atoms with Gasteiger partial charge in [-0.1, -0.05) is 13.8 Å². The molecular formula is C15H17N5O7S. The number of nitrogens with zero attached hydrogens (tertiary/aromatic N) is 4. The van der Waals surface area contributed by atoms with Crippen molar-refractivity contribution in [3.8, 4) is 0 Å². The van der Waals surface area contributed by atoms with Crippen LogP contribution in [0.25, 0.3) is 0 Å². The number of hydrogen-bond acceptors (Lipinski definition) is 9. The second-order valence-electron chi connectivity index (χ2n) is 5.33. The van der Waals surface area contributed by atoms with E-state index in [2.05, 4.69) is 10.5 Å². The largest absolute Gasteiger partial charge is 0.433 e. The molecule has 2 rings (SSSR count). The lowest BCUT2D eigenvalue weighted by Crippen LogP contribution is -2.31. The Morgan fingerprint density at radius 2 is 1.82 bits per heavy atom. The number of hydrazone groups is 1. The molecule has 0 aliphatic carbocycles. The Bertz CT molecular complexity index is 1010. The molecule has 1 heterocycles. The minimum atomic E-state index is -4.01. The molecule has 0 atom stereocenters. The van der Waals surface area contributed by atoms with Gasteiger partial charge in [0.25, 0.3) is 5.69 Å². The van der Waals surface area contributed by atoms with Crippen LogP contribution in [0.4, 0.5) is 17.3 Å². The highest BCUT2D eigenvalue weighted by atomic mass is 32.2. The third-order valence-electron chi connectivity index (χ3n) is 3.67. The van der Waals surface area contributed by atoms with Gasteiger partial charge in [-0.3, -0.25) is 25.7 Å². The van der Waals surface area contributed by atoms with Gasteiger partial charge in [-0.05, 0) is 12.1 Å². The van der Waals surface area contributed by atoms with Crippen molar-refractivity contribution < 1.29 is 22.7 Å². The fraction of sp³-hybridized carbons (Fsp3) is 0.267. The molecule has 0 fully saturated rings. The lowest BCUT2D eigenvalue weighted by atomic mass is 10.3. The maximum Gasteiger partial charge on any atom is 0.433 e. The van der Waals surface area contributed by atoms with Crippen LogP contribution in [0.15, 0.2) is 44.7 Å². The van der Waals surface area contributed by atoms with Gasteiger partial charge < -0.3 is 4.42 Å². The maximum absolute atomic E-state index is 12.8. The number of hydrogen-bond donors (Lipinski definition) is 1. The summed E-state index contributed by atoms with van der Waals surface area (Å²) < 4.78 is 31.7. The molecule has 1 aromatic heterocycles. The number of furan rings is 1. The fourth-order valence-electron chi connectivity index (χ4n) is 2.31. The predicted octanol–water partition coefficient (Wildman–Crippen LogP) is 2.57. The van der Waals surface area contributed by atoms with Crippen molar-refractivity contribution in [3.05, 3.63) is 56.3 Å². The molecule has 0 aliphatic heterocycles. The summed E-state index contributed by atoms with van der Waals surface area (Å²) >= 11 is 0. The standard InChI is InChI=1S/C15H17N5O7S/c1-3-18(4-2)28(25,26)14-9-11(19(21)22)5-7-13(14)17-16-10-12-6-8-15(27-12)20(23)24/h5-10,17H,3-4H2,1-2H3/b16-10+. The molecule has 150 valence electrons. The quantitative estimate of drug-likeness (QED) is 0.374. The molecule has 0 unspecified atom stereocenters. The summed E-state index contributed by atoms with van der Waals surface area (Å²) in [4.78, 5) is 19.9. The van der Waals surface area contributed by atoms with Crippen LogP contribution in [0.1, 0.15) is 19.6 Å². The molecule has 0 spiro atoms. The van der Waals surface area contributed by atoms with Crippen LogP contribution in [0.2, 0.25) is 0 Å². The zero-order valence-electron chi connectivity index (χ0n) is 14.9. The molecule has 12 nitrogen and oxygen atoms in total. The number of benzene rings is 1. The zero-order valence-corrected chi connectivity index (χ0v) is 15.7.